The van der Waals surface area contributed by atoms with Crippen molar-refractivity contribution < 1.29 is 13.9 Å². The summed E-state index contributed by atoms with van der Waals surface area (Å²) in [4.78, 5) is 14.6. The van der Waals surface area contributed by atoms with Crippen molar-refractivity contribution in [2.75, 3.05) is 26.3 Å². The lowest BCUT2D eigenvalue weighted by Gasteiger charge is -2.39. The molecule has 1 aliphatic rings. The van der Waals surface area contributed by atoms with Crippen LogP contribution in [-0.2, 0) is 4.74 Å². The Morgan fingerprint density at radius 3 is 2.33 bits per heavy atom. The largest absolute Gasteiger partial charge is 0.379 e. The first-order valence-electron chi connectivity index (χ1n) is 6.15. The van der Waals surface area contributed by atoms with Crippen LogP contribution in [0.1, 0.15) is 24.2 Å². The molecule has 0 aliphatic carbocycles. The van der Waals surface area contributed by atoms with E-state index in [0.717, 1.165) is 13.1 Å². The lowest BCUT2D eigenvalue weighted by Crippen LogP contribution is -2.54. The highest BCUT2D eigenvalue weighted by Crippen LogP contribution is 2.21. The molecule has 0 amide bonds. The van der Waals surface area contributed by atoms with Gasteiger partial charge in [0.1, 0.15) is 5.82 Å². The standard InChI is InChI=1S/C14H18FNO2/c1-14(2,16-7-9-18-10-8-16)13(17)11-3-5-12(15)6-4-11/h3-6H,7-10H2,1-2H3. The Balaban J connectivity index is 2.17. The van der Waals surface area contributed by atoms with Crippen molar-refractivity contribution in [3.05, 3.63) is 35.6 Å². The molecule has 1 aromatic rings. The molecule has 0 bridgehead atoms. The summed E-state index contributed by atoms with van der Waals surface area (Å²) in [5, 5.41) is 0. The molecule has 0 N–H and O–H groups in total. The fourth-order valence-corrected chi connectivity index (χ4v) is 2.22. The third kappa shape index (κ3) is 2.60. The highest BCUT2D eigenvalue weighted by atomic mass is 19.1. The fraction of sp³-hybridized carbons (Fsp3) is 0.500. The molecule has 0 spiro atoms. The number of ketones is 1. The highest BCUT2D eigenvalue weighted by molar-refractivity contribution is 6.02. The number of nitrogens with zero attached hydrogens (tertiary/aromatic N) is 1. The van der Waals surface area contributed by atoms with Crippen LogP contribution in [0.4, 0.5) is 4.39 Å². The molecular weight excluding hydrogens is 233 g/mol. The Bertz CT molecular complexity index is 422. The van der Waals surface area contributed by atoms with Crippen LogP contribution in [0.3, 0.4) is 0 Å². The van der Waals surface area contributed by atoms with Gasteiger partial charge in [-0.05, 0) is 38.1 Å². The fourth-order valence-electron chi connectivity index (χ4n) is 2.22. The van der Waals surface area contributed by atoms with Crippen molar-refractivity contribution in [1.82, 2.24) is 4.90 Å². The van der Waals surface area contributed by atoms with Crippen LogP contribution < -0.4 is 0 Å². The maximum absolute atomic E-state index is 12.9. The van der Waals surface area contributed by atoms with E-state index in [1.165, 1.54) is 12.1 Å². The van der Waals surface area contributed by atoms with Crippen LogP contribution in [0.25, 0.3) is 0 Å². The highest BCUT2D eigenvalue weighted by Gasteiger charge is 2.35. The maximum atomic E-state index is 12.9. The van der Waals surface area contributed by atoms with Gasteiger partial charge in [-0.1, -0.05) is 0 Å². The van der Waals surface area contributed by atoms with Crippen molar-refractivity contribution >= 4 is 5.78 Å². The molecular formula is C14H18FNO2. The average molecular weight is 251 g/mol. The number of carbonyl (C=O) groups is 1. The summed E-state index contributed by atoms with van der Waals surface area (Å²) in [6.07, 6.45) is 0. The maximum Gasteiger partial charge on any atom is 0.182 e. The number of hydrogen-bond donors (Lipinski definition) is 0. The van der Waals surface area contributed by atoms with E-state index in [4.69, 9.17) is 4.74 Å². The number of rotatable bonds is 3. The Morgan fingerprint density at radius 1 is 1.22 bits per heavy atom. The van der Waals surface area contributed by atoms with Crippen LogP contribution in [0.2, 0.25) is 0 Å². The Morgan fingerprint density at radius 2 is 1.78 bits per heavy atom. The molecule has 3 nitrogen and oxygen atoms in total. The van der Waals surface area contributed by atoms with Gasteiger partial charge < -0.3 is 4.74 Å². The zero-order chi connectivity index (χ0) is 13.2. The van der Waals surface area contributed by atoms with Gasteiger partial charge in [-0.25, -0.2) is 4.39 Å². The van der Waals surface area contributed by atoms with Crippen molar-refractivity contribution in [3.8, 4) is 0 Å². The molecule has 4 heteroatoms. The van der Waals surface area contributed by atoms with Gasteiger partial charge in [0.25, 0.3) is 0 Å². The van der Waals surface area contributed by atoms with E-state index in [2.05, 4.69) is 4.90 Å². The van der Waals surface area contributed by atoms with Crippen LogP contribution in [0.15, 0.2) is 24.3 Å². The normalized spacial score (nSPS) is 17.7. The molecule has 2 rings (SSSR count). The summed E-state index contributed by atoms with van der Waals surface area (Å²) < 4.78 is 18.2. The number of ether oxygens (including phenoxy) is 1. The lowest BCUT2D eigenvalue weighted by atomic mass is 9.91. The predicted octanol–water partition coefficient (Wildman–Crippen LogP) is 2.12. The summed E-state index contributed by atoms with van der Waals surface area (Å²) in [5.41, 5.74) is -0.0328. The molecule has 0 unspecified atom stereocenters. The molecule has 0 saturated carbocycles. The zero-order valence-electron chi connectivity index (χ0n) is 10.8. The van der Waals surface area contributed by atoms with Gasteiger partial charge in [-0.3, -0.25) is 9.69 Å². The van der Waals surface area contributed by atoms with Crippen molar-refractivity contribution in [1.29, 1.82) is 0 Å². The van der Waals surface area contributed by atoms with Crippen LogP contribution in [0, 0.1) is 5.82 Å². The van der Waals surface area contributed by atoms with E-state index in [-0.39, 0.29) is 11.6 Å². The molecule has 1 heterocycles. The third-order valence-corrected chi connectivity index (χ3v) is 3.46. The van der Waals surface area contributed by atoms with E-state index < -0.39 is 5.54 Å². The average Bonchev–Trinajstić information content (AvgIpc) is 2.40. The first-order valence-corrected chi connectivity index (χ1v) is 6.15. The van der Waals surface area contributed by atoms with Gasteiger partial charge in [0.15, 0.2) is 5.78 Å². The molecule has 0 radical (unpaired) electrons. The second-order valence-electron chi connectivity index (χ2n) is 4.99. The first-order chi connectivity index (χ1) is 8.51. The number of carbonyl (C=O) groups excluding carboxylic acids is 1. The monoisotopic (exact) mass is 251 g/mol. The molecule has 0 aromatic heterocycles. The second-order valence-corrected chi connectivity index (χ2v) is 4.99. The lowest BCUT2D eigenvalue weighted by molar-refractivity contribution is -0.00430. The van der Waals surface area contributed by atoms with Crippen molar-refractivity contribution in [2.24, 2.45) is 0 Å². The third-order valence-electron chi connectivity index (χ3n) is 3.46. The van der Waals surface area contributed by atoms with Crippen molar-refractivity contribution in [2.45, 2.75) is 19.4 Å². The van der Waals surface area contributed by atoms with E-state index in [9.17, 15) is 9.18 Å². The second kappa shape index (κ2) is 5.16. The summed E-state index contributed by atoms with van der Waals surface area (Å²) in [6, 6.07) is 5.73. The van der Waals surface area contributed by atoms with Crippen LogP contribution in [-0.4, -0.2) is 42.5 Å². The summed E-state index contributed by atoms with van der Waals surface area (Å²) in [5.74, 6) is -0.305. The number of hydrogen-bond acceptors (Lipinski definition) is 3. The number of morpholine rings is 1. The van der Waals surface area contributed by atoms with Crippen LogP contribution in [0.5, 0.6) is 0 Å². The van der Waals surface area contributed by atoms with Gasteiger partial charge in [0.05, 0.1) is 18.8 Å². The van der Waals surface area contributed by atoms with Crippen LogP contribution >= 0.6 is 0 Å². The SMILES string of the molecule is CC(C)(C(=O)c1ccc(F)cc1)N1CCOCC1. The molecule has 1 aliphatic heterocycles. The first kappa shape index (κ1) is 13.2. The molecule has 0 atom stereocenters. The molecule has 1 saturated heterocycles. The predicted molar refractivity (Wildman–Crippen MR) is 67.2 cm³/mol. The number of Topliss-reactive ketones (excluding diaryl/α,β-unsaturated/α-hetero) is 1. The molecule has 18 heavy (non-hydrogen) atoms. The van der Waals surface area contributed by atoms with Crippen molar-refractivity contribution in [3.63, 3.8) is 0 Å². The smallest absolute Gasteiger partial charge is 0.182 e. The minimum absolute atomic E-state index is 0.0180. The van der Waals surface area contributed by atoms with Gasteiger partial charge in [-0.15, -0.1) is 0 Å². The quantitative estimate of drug-likeness (QED) is 0.771. The minimum Gasteiger partial charge on any atom is -0.379 e. The summed E-state index contributed by atoms with van der Waals surface area (Å²) in [7, 11) is 0. The number of halogens is 1. The van der Waals surface area contributed by atoms with E-state index in [0.29, 0.717) is 18.8 Å². The summed E-state index contributed by atoms with van der Waals surface area (Å²) in [6.45, 7) is 6.62. The van der Waals surface area contributed by atoms with Gasteiger partial charge in [0, 0.05) is 18.7 Å². The topological polar surface area (TPSA) is 29.5 Å². The molecule has 1 fully saturated rings. The summed E-state index contributed by atoms with van der Waals surface area (Å²) >= 11 is 0. The zero-order valence-corrected chi connectivity index (χ0v) is 10.8. The molecule has 98 valence electrons. The number of benzene rings is 1. The minimum atomic E-state index is -0.582. The Kier molecular flexibility index (Phi) is 3.78. The van der Waals surface area contributed by atoms with Gasteiger partial charge in [0.2, 0.25) is 0 Å². The molecule has 1 aromatic carbocycles. The van der Waals surface area contributed by atoms with E-state index >= 15 is 0 Å². The Hall–Kier alpha value is -1.26. The van der Waals surface area contributed by atoms with E-state index in [1.54, 1.807) is 12.1 Å². The van der Waals surface area contributed by atoms with Gasteiger partial charge in [-0.2, -0.15) is 0 Å². The van der Waals surface area contributed by atoms with Gasteiger partial charge >= 0.3 is 0 Å². The van der Waals surface area contributed by atoms with E-state index in [1.807, 2.05) is 13.8 Å². The Labute approximate surface area is 107 Å².